The number of benzene rings is 1. The monoisotopic (exact) mass is 323 g/mol. The van der Waals surface area contributed by atoms with Crippen LogP contribution in [0.5, 0.6) is 0 Å². The van der Waals surface area contributed by atoms with Crippen LogP contribution in [0.25, 0.3) is 11.4 Å². The van der Waals surface area contributed by atoms with Crippen LogP contribution in [0, 0.1) is 0 Å². The Morgan fingerprint density at radius 1 is 1.38 bits per heavy atom. The summed E-state index contributed by atoms with van der Waals surface area (Å²) in [5.41, 5.74) is 2.08. The molecule has 1 amide bonds. The minimum atomic E-state index is -0.115. The summed E-state index contributed by atoms with van der Waals surface area (Å²) in [4.78, 5) is 18.7. The van der Waals surface area contributed by atoms with Crippen molar-refractivity contribution in [1.29, 1.82) is 0 Å². The van der Waals surface area contributed by atoms with Crippen LogP contribution in [0.4, 0.5) is 5.69 Å². The third kappa shape index (κ3) is 2.68. The van der Waals surface area contributed by atoms with Crippen molar-refractivity contribution in [2.24, 2.45) is 7.05 Å². The van der Waals surface area contributed by atoms with Gasteiger partial charge in [0, 0.05) is 37.3 Å². The Hall–Kier alpha value is -2.96. The highest BCUT2D eigenvalue weighted by atomic mass is 16.5. The molecule has 2 heterocycles. The fourth-order valence-corrected chi connectivity index (χ4v) is 2.53. The van der Waals surface area contributed by atoms with Crippen molar-refractivity contribution in [2.75, 3.05) is 11.9 Å². The standard InChI is InChI=1S/C17H17N5O2/c1-21-10-14(9-18-21)22(2)17(23)13-5-3-4-12(8-13)15-19-16(24-20-15)11-6-7-11/h3-5,8-11H,6-7H2,1-2H3. The molecule has 0 bridgehead atoms. The van der Waals surface area contributed by atoms with E-state index < -0.39 is 0 Å². The number of carbonyl (C=O) groups excluding carboxylic acids is 1. The summed E-state index contributed by atoms with van der Waals surface area (Å²) in [6.45, 7) is 0. The zero-order valence-corrected chi connectivity index (χ0v) is 13.5. The molecule has 24 heavy (non-hydrogen) atoms. The van der Waals surface area contributed by atoms with Crippen LogP contribution < -0.4 is 4.90 Å². The number of hydrogen-bond acceptors (Lipinski definition) is 5. The van der Waals surface area contributed by atoms with E-state index in [0.717, 1.165) is 24.1 Å². The number of aromatic nitrogens is 4. The number of anilines is 1. The van der Waals surface area contributed by atoms with Gasteiger partial charge in [-0.15, -0.1) is 0 Å². The largest absolute Gasteiger partial charge is 0.339 e. The Bertz CT molecular complexity index is 894. The Kier molecular flexibility index (Phi) is 3.41. The van der Waals surface area contributed by atoms with E-state index in [2.05, 4.69) is 15.2 Å². The topological polar surface area (TPSA) is 77.1 Å². The number of aryl methyl sites for hydroxylation is 1. The van der Waals surface area contributed by atoms with Gasteiger partial charge in [0.05, 0.1) is 11.9 Å². The molecule has 3 aromatic rings. The first-order valence-electron chi connectivity index (χ1n) is 7.82. The van der Waals surface area contributed by atoms with Gasteiger partial charge >= 0.3 is 0 Å². The third-order valence-corrected chi connectivity index (χ3v) is 4.12. The van der Waals surface area contributed by atoms with Crippen molar-refractivity contribution in [3.05, 3.63) is 48.1 Å². The van der Waals surface area contributed by atoms with Crippen LogP contribution in [0.3, 0.4) is 0 Å². The van der Waals surface area contributed by atoms with Crippen LogP contribution >= 0.6 is 0 Å². The number of nitrogens with zero attached hydrogens (tertiary/aromatic N) is 5. The van der Waals surface area contributed by atoms with Crippen molar-refractivity contribution in [3.8, 4) is 11.4 Å². The first-order valence-corrected chi connectivity index (χ1v) is 7.82. The first-order chi connectivity index (χ1) is 11.6. The summed E-state index contributed by atoms with van der Waals surface area (Å²) < 4.78 is 6.96. The molecule has 4 rings (SSSR count). The molecule has 0 unspecified atom stereocenters. The molecule has 2 aromatic heterocycles. The quantitative estimate of drug-likeness (QED) is 0.737. The maximum absolute atomic E-state index is 12.7. The van der Waals surface area contributed by atoms with Crippen LogP contribution in [-0.4, -0.2) is 32.9 Å². The van der Waals surface area contributed by atoms with Gasteiger partial charge in [0.15, 0.2) is 0 Å². The summed E-state index contributed by atoms with van der Waals surface area (Å²) in [7, 11) is 3.54. The highest BCUT2D eigenvalue weighted by Gasteiger charge is 2.29. The van der Waals surface area contributed by atoms with E-state index in [1.807, 2.05) is 19.2 Å². The summed E-state index contributed by atoms with van der Waals surface area (Å²) in [6.07, 6.45) is 5.66. The highest BCUT2D eigenvalue weighted by Crippen LogP contribution is 2.39. The third-order valence-electron chi connectivity index (χ3n) is 4.12. The zero-order chi connectivity index (χ0) is 16.7. The molecule has 1 saturated carbocycles. The van der Waals surface area contributed by atoms with Gasteiger partial charge in [0.1, 0.15) is 0 Å². The van der Waals surface area contributed by atoms with Gasteiger partial charge in [0.25, 0.3) is 5.91 Å². The molecule has 0 atom stereocenters. The molecule has 1 fully saturated rings. The summed E-state index contributed by atoms with van der Waals surface area (Å²) in [6, 6.07) is 7.27. The van der Waals surface area contributed by atoms with Gasteiger partial charge < -0.3 is 9.42 Å². The van der Waals surface area contributed by atoms with E-state index >= 15 is 0 Å². The average molecular weight is 323 g/mol. The molecule has 1 aromatic carbocycles. The zero-order valence-electron chi connectivity index (χ0n) is 13.5. The second-order valence-corrected chi connectivity index (χ2v) is 6.05. The first kappa shape index (κ1) is 14.6. The van der Waals surface area contributed by atoms with E-state index in [9.17, 15) is 4.79 Å². The molecule has 0 N–H and O–H groups in total. The lowest BCUT2D eigenvalue weighted by Gasteiger charge is -2.15. The van der Waals surface area contributed by atoms with Crippen molar-refractivity contribution in [3.63, 3.8) is 0 Å². The predicted octanol–water partition coefficient (Wildman–Crippen LogP) is 2.62. The van der Waals surface area contributed by atoms with Crippen LogP contribution in [0.2, 0.25) is 0 Å². The van der Waals surface area contributed by atoms with E-state index in [4.69, 9.17) is 4.52 Å². The number of hydrogen-bond donors (Lipinski definition) is 0. The fourth-order valence-electron chi connectivity index (χ4n) is 2.53. The van der Waals surface area contributed by atoms with Crippen LogP contribution in [0.1, 0.15) is 35.0 Å². The molecule has 0 radical (unpaired) electrons. The predicted molar refractivity (Wildman–Crippen MR) is 87.7 cm³/mol. The van der Waals surface area contributed by atoms with E-state index in [1.54, 1.807) is 41.2 Å². The highest BCUT2D eigenvalue weighted by molar-refractivity contribution is 6.06. The van der Waals surface area contributed by atoms with Gasteiger partial charge in [-0.3, -0.25) is 9.48 Å². The van der Waals surface area contributed by atoms with Crippen molar-refractivity contribution in [1.82, 2.24) is 19.9 Å². The molecular weight excluding hydrogens is 306 g/mol. The number of rotatable bonds is 4. The second kappa shape index (κ2) is 5.59. The minimum absolute atomic E-state index is 0.115. The van der Waals surface area contributed by atoms with Gasteiger partial charge in [0.2, 0.25) is 11.7 Å². The Morgan fingerprint density at radius 3 is 2.92 bits per heavy atom. The van der Waals surface area contributed by atoms with Gasteiger partial charge in [-0.25, -0.2) is 0 Å². The SMILES string of the molecule is CN(C(=O)c1cccc(-c2noc(C3CC3)n2)c1)c1cnn(C)c1. The van der Waals surface area contributed by atoms with Crippen molar-refractivity contribution < 1.29 is 9.32 Å². The molecular formula is C17H17N5O2. The van der Waals surface area contributed by atoms with Crippen molar-refractivity contribution >= 4 is 11.6 Å². The Balaban J connectivity index is 1.60. The summed E-state index contributed by atoms with van der Waals surface area (Å²) in [5, 5.41) is 8.12. The van der Waals surface area contributed by atoms with Gasteiger partial charge in [-0.2, -0.15) is 10.1 Å². The second-order valence-electron chi connectivity index (χ2n) is 6.05. The van der Waals surface area contributed by atoms with Crippen LogP contribution in [0.15, 0.2) is 41.2 Å². The average Bonchev–Trinajstić information content (AvgIpc) is 3.17. The normalized spacial score (nSPS) is 13.9. The van der Waals surface area contributed by atoms with Gasteiger partial charge in [-0.1, -0.05) is 17.3 Å². The summed E-state index contributed by atoms with van der Waals surface area (Å²) in [5.74, 6) is 1.51. The fraction of sp³-hybridized carbons (Fsp3) is 0.294. The van der Waals surface area contributed by atoms with Crippen LogP contribution in [-0.2, 0) is 7.05 Å². The lowest BCUT2D eigenvalue weighted by atomic mass is 10.1. The molecule has 1 aliphatic rings. The molecule has 122 valence electrons. The Morgan fingerprint density at radius 2 is 2.21 bits per heavy atom. The molecule has 0 aliphatic heterocycles. The van der Waals surface area contributed by atoms with E-state index in [-0.39, 0.29) is 5.91 Å². The molecule has 0 saturated heterocycles. The summed E-state index contributed by atoms with van der Waals surface area (Å²) >= 11 is 0. The smallest absolute Gasteiger partial charge is 0.258 e. The Labute approximate surface area is 138 Å². The molecule has 7 nitrogen and oxygen atoms in total. The van der Waals surface area contributed by atoms with Crippen molar-refractivity contribution in [2.45, 2.75) is 18.8 Å². The number of carbonyl (C=O) groups is 1. The van der Waals surface area contributed by atoms with Gasteiger partial charge in [-0.05, 0) is 25.0 Å². The molecule has 7 heteroatoms. The van der Waals surface area contributed by atoms with E-state index in [0.29, 0.717) is 23.2 Å². The maximum atomic E-state index is 12.7. The number of amides is 1. The lowest BCUT2D eigenvalue weighted by molar-refractivity contribution is 0.0993. The minimum Gasteiger partial charge on any atom is -0.339 e. The lowest BCUT2D eigenvalue weighted by Crippen LogP contribution is -2.25. The maximum Gasteiger partial charge on any atom is 0.258 e. The van der Waals surface area contributed by atoms with E-state index in [1.165, 1.54) is 0 Å². The molecule has 0 spiro atoms. The molecule has 1 aliphatic carbocycles.